The number of aliphatic carboxylic acids is 1. The first kappa shape index (κ1) is 16.7. The minimum atomic E-state index is -1.10. The van der Waals surface area contributed by atoms with E-state index in [1.165, 1.54) is 0 Å². The summed E-state index contributed by atoms with van der Waals surface area (Å²) in [6.07, 6.45) is 1.20. The van der Waals surface area contributed by atoms with Gasteiger partial charge < -0.3 is 9.84 Å². The Morgan fingerprint density at radius 2 is 1.89 bits per heavy atom. The third kappa shape index (κ3) is 8.81. The van der Waals surface area contributed by atoms with Crippen LogP contribution < -0.4 is 5.48 Å². The number of carbonyl (C=O) groups excluding carboxylic acids is 1. The molecule has 0 aromatic carbocycles. The number of amides is 1. The van der Waals surface area contributed by atoms with Crippen molar-refractivity contribution in [1.29, 1.82) is 0 Å². The molecule has 0 spiro atoms. The molecule has 6 nitrogen and oxygen atoms in total. The third-order valence-corrected chi connectivity index (χ3v) is 2.03. The van der Waals surface area contributed by atoms with Crippen LogP contribution in [0.2, 0.25) is 0 Å². The Hall–Kier alpha value is -1.30. The Morgan fingerprint density at radius 1 is 1.28 bits per heavy atom. The van der Waals surface area contributed by atoms with Gasteiger partial charge in [0.05, 0.1) is 0 Å². The van der Waals surface area contributed by atoms with Gasteiger partial charge in [-0.2, -0.15) is 5.48 Å². The average molecular weight is 261 g/mol. The molecule has 0 radical (unpaired) electrons. The van der Waals surface area contributed by atoms with E-state index in [-0.39, 0.29) is 0 Å². The fourth-order valence-corrected chi connectivity index (χ4v) is 1.23. The van der Waals surface area contributed by atoms with E-state index in [1.807, 2.05) is 12.4 Å². The van der Waals surface area contributed by atoms with Gasteiger partial charge in [-0.3, -0.25) is 4.84 Å². The molecule has 0 saturated carbocycles. The normalized spacial score (nSPS) is 12.9. The minimum Gasteiger partial charge on any atom is -0.479 e. The van der Waals surface area contributed by atoms with Crippen molar-refractivity contribution in [2.75, 3.05) is 0 Å². The Bertz CT molecular complexity index is 272. The van der Waals surface area contributed by atoms with E-state index < -0.39 is 23.8 Å². The number of hydroxylamine groups is 1. The molecule has 18 heavy (non-hydrogen) atoms. The van der Waals surface area contributed by atoms with Crippen molar-refractivity contribution < 1.29 is 24.3 Å². The summed E-state index contributed by atoms with van der Waals surface area (Å²) in [4.78, 5) is 27.0. The van der Waals surface area contributed by atoms with E-state index in [9.17, 15) is 9.59 Å². The number of unbranched alkanes of at least 4 members (excludes halogenated alkanes) is 2. The molecular formula is C12H23NO5. The number of carboxylic acid groups (broad SMARTS) is 1. The second-order valence-electron chi connectivity index (χ2n) is 5.04. The molecule has 0 aromatic rings. The van der Waals surface area contributed by atoms with Crippen LogP contribution in [0.3, 0.4) is 0 Å². The van der Waals surface area contributed by atoms with Crippen molar-refractivity contribution in [3.05, 3.63) is 0 Å². The lowest BCUT2D eigenvalue weighted by molar-refractivity contribution is -0.155. The SMILES string of the molecule is CCCCCC(ONC(=O)OC(C)(C)C)C(=O)O. The summed E-state index contributed by atoms with van der Waals surface area (Å²) in [7, 11) is 0. The van der Waals surface area contributed by atoms with E-state index in [0.29, 0.717) is 6.42 Å². The van der Waals surface area contributed by atoms with Crippen LogP contribution in [0.1, 0.15) is 53.4 Å². The molecule has 1 atom stereocenters. The zero-order valence-corrected chi connectivity index (χ0v) is 11.5. The van der Waals surface area contributed by atoms with E-state index in [0.717, 1.165) is 19.3 Å². The molecule has 0 rings (SSSR count). The van der Waals surface area contributed by atoms with E-state index >= 15 is 0 Å². The number of hydrogen-bond donors (Lipinski definition) is 2. The van der Waals surface area contributed by atoms with Gasteiger partial charge in [0.15, 0.2) is 6.10 Å². The highest BCUT2D eigenvalue weighted by atomic mass is 16.7. The lowest BCUT2D eigenvalue weighted by Crippen LogP contribution is -2.37. The van der Waals surface area contributed by atoms with Gasteiger partial charge in [-0.1, -0.05) is 26.2 Å². The van der Waals surface area contributed by atoms with Gasteiger partial charge >= 0.3 is 12.1 Å². The molecule has 2 N–H and O–H groups in total. The molecule has 1 amide bonds. The second-order valence-corrected chi connectivity index (χ2v) is 5.04. The number of hydrogen-bond acceptors (Lipinski definition) is 4. The van der Waals surface area contributed by atoms with Crippen LogP contribution in [-0.2, 0) is 14.4 Å². The molecule has 0 aromatic heterocycles. The van der Waals surface area contributed by atoms with Gasteiger partial charge in [-0.15, -0.1) is 0 Å². The molecule has 0 bridgehead atoms. The molecular weight excluding hydrogens is 238 g/mol. The van der Waals surface area contributed by atoms with E-state index in [2.05, 4.69) is 0 Å². The maximum Gasteiger partial charge on any atom is 0.431 e. The van der Waals surface area contributed by atoms with Crippen molar-refractivity contribution in [2.45, 2.75) is 65.1 Å². The topological polar surface area (TPSA) is 84.9 Å². The van der Waals surface area contributed by atoms with Gasteiger partial charge in [0.25, 0.3) is 0 Å². The summed E-state index contributed by atoms with van der Waals surface area (Å²) in [5.41, 5.74) is 1.36. The lowest BCUT2D eigenvalue weighted by atomic mass is 10.1. The number of carboxylic acids is 1. The average Bonchev–Trinajstić information content (AvgIpc) is 2.20. The van der Waals surface area contributed by atoms with Gasteiger partial charge in [-0.25, -0.2) is 9.59 Å². The summed E-state index contributed by atoms with van der Waals surface area (Å²) >= 11 is 0. The summed E-state index contributed by atoms with van der Waals surface area (Å²) in [6.45, 7) is 7.16. The van der Waals surface area contributed by atoms with Crippen molar-refractivity contribution >= 4 is 12.1 Å². The predicted molar refractivity (Wildman–Crippen MR) is 66.0 cm³/mol. The van der Waals surface area contributed by atoms with Gasteiger partial charge in [-0.05, 0) is 27.2 Å². The van der Waals surface area contributed by atoms with Crippen LogP contribution in [-0.4, -0.2) is 28.9 Å². The zero-order chi connectivity index (χ0) is 14.2. The molecule has 106 valence electrons. The van der Waals surface area contributed by atoms with E-state index in [4.69, 9.17) is 14.7 Å². The van der Waals surface area contributed by atoms with Crippen LogP contribution >= 0.6 is 0 Å². The van der Waals surface area contributed by atoms with Gasteiger partial charge in [0.1, 0.15) is 5.60 Å². The molecule has 6 heteroatoms. The first-order valence-electron chi connectivity index (χ1n) is 6.13. The summed E-state index contributed by atoms with van der Waals surface area (Å²) in [5.74, 6) is -1.10. The van der Waals surface area contributed by atoms with Crippen molar-refractivity contribution in [1.82, 2.24) is 5.48 Å². The predicted octanol–water partition coefficient (Wildman–Crippen LogP) is 2.48. The summed E-state index contributed by atoms with van der Waals surface area (Å²) in [5, 5.41) is 8.90. The van der Waals surface area contributed by atoms with Crippen LogP contribution in [0, 0.1) is 0 Å². The van der Waals surface area contributed by atoms with Crippen LogP contribution in [0.25, 0.3) is 0 Å². The van der Waals surface area contributed by atoms with Crippen LogP contribution in [0.4, 0.5) is 4.79 Å². The molecule has 0 aliphatic heterocycles. The summed E-state index contributed by atoms with van der Waals surface area (Å²) < 4.78 is 4.93. The first-order chi connectivity index (χ1) is 8.26. The molecule has 0 aliphatic rings. The number of carbonyl (C=O) groups is 2. The maximum absolute atomic E-state index is 11.3. The minimum absolute atomic E-state index is 0.360. The lowest BCUT2D eigenvalue weighted by Gasteiger charge is -2.20. The summed E-state index contributed by atoms with van der Waals surface area (Å²) in [6, 6.07) is 0. The third-order valence-electron chi connectivity index (χ3n) is 2.03. The smallest absolute Gasteiger partial charge is 0.431 e. The van der Waals surface area contributed by atoms with Crippen molar-refractivity contribution in [3.8, 4) is 0 Å². The Morgan fingerprint density at radius 3 is 2.33 bits per heavy atom. The highest BCUT2D eigenvalue weighted by Crippen LogP contribution is 2.08. The Balaban J connectivity index is 4.03. The fraction of sp³-hybridized carbons (Fsp3) is 0.833. The quantitative estimate of drug-likeness (QED) is 0.543. The number of rotatable bonds is 7. The number of ether oxygens (including phenoxy) is 1. The number of nitrogens with one attached hydrogen (secondary N) is 1. The molecule has 1 unspecified atom stereocenters. The Labute approximate surface area is 108 Å². The fourth-order valence-electron chi connectivity index (χ4n) is 1.23. The maximum atomic E-state index is 11.3. The van der Waals surface area contributed by atoms with Crippen molar-refractivity contribution in [2.24, 2.45) is 0 Å². The van der Waals surface area contributed by atoms with Gasteiger partial charge in [0.2, 0.25) is 0 Å². The molecule has 0 saturated heterocycles. The van der Waals surface area contributed by atoms with Crippen LogP contribution in [0.5, 0.6) is 0 Å². The highest BCUT2D eigenvalue weighted by Gasteiger charge is 2.21. The second kappa shape index (κ2) is 7.92. The zero-order valence-electron chi connectivity index (χ0n) is 11.5. The molecule has 0 aliphatic carbocycles. The molecule has 0 heterocycles. The van der Waals surface area contributed by atoms with Crippen molar-refractivity contribution in [3.63, 3.8) is 0 Å². The highest BCUT2D eigenvalue weighted by molar-refractivity contribution is 5.73. The standard InChI is InChI=1S/C12H23NO5/c1-5-6-7-8-9(10(14)15)18-13-11(16)17-12(2,3)4/h9H,5-8H2,1-4H3,(H,13,16)(H,14,15). The monoisotopic (exact) mass is 261 g/mol. The van der Waals surface area contributed by atoms with E-state index in [1.54, 1.807) is 20.8 Å². The largest absolute Gasteiger partial charge is 0.479 e. The Kier molecular flexibility index (Phi) is 7.35. The first-order valence-corrected chi connectivity index (χ1v) is 6.13. The van der Waals surface area contributed by atoms with Gasteiger partial charge in [0, 0.05) is 0 Å². The molecule has 0 fully saturated rings. The van der Waals surface area contributed by atoms with Crippen LogP contribution in [0.15, 0.2) is 0 Å².